The van der Waals surface area contributed by atoms with Crippen LogP contribution >= 0.6 is 11.6 Å². The minimum Gasteiger partial charge on any atom is -0.399 e. The Morgan fingerprint density at radius 3 is 2.45 bits per heavy atom. The molecule has 2 rings (SSSR count). The lowest BCUT2D eigenvalue weighted by Gasteiger charge is -2.10. The molecule has 4 nitrogen and oxygen atoms in total. The van der Waals surface area contributed by atoms with Crippen molar-refractivity contribution < 1.29 is 17.2 Å². The minimum atomic E-state index is -4.17. The number of nitrogens with one attached hydrogen (secondary N) is 1. The van der Waals surface area contributed by atoms with Crippen molar-refractivity contribution in [1.29, 1.82) is 0 Å². The second-order valence-electron chi connectivity index (χ2n) is 3.95. The van der Waals surface area contributed by atoms with Gasteiger partial charge in [-0.15, -0.1) is 0 Å². The van der Waals surface area contributed by atoms with Gasteiger partial charge in [-0.3, -0.25) is 4.72 Å². The lowest BCUT2D eigenvalue weighted by molar-refractivity contribution is 0.593. The Kier molecular flexibility index (Phi) is 3.82. The van der Waals surface area contributed by atoms with Crippen molar-refractivity contribution in [2.75, 3.05) is 10.5 Å². The van der Waals surface area contributed by atoms with E-state index in [4.69, 9.17) is 17.3 Å². The van der Waals surface area contributed by atoms with Crippen LogP contribution in [0.2, 0.25) is 5.02 Å². The fourth-order valence-corrected chi connectivity index (χ4v) is 2.81. The number of hydrogen-bond donors (Lipinski definition) is 2. The molecule has 0 saturated heterocycles. The molecular formula is C12H9ClF2N2O2S. The largest absolute Gasteiger partial charge is 0.399 e. The first-order valence-corrected chi connectivity index (χ1v) is 7.18. The molecule has 0 unspecified atom stereocenters. The molecule has 0 amide bonds. The van der Waals surface area contributed by atoms with Gasteiger partial charge in [0.15, 0.2) is 0 Å². The number of nitrogens with two attached hydrogens (primary N) is 1. The Labute approximate surface area is 119 Å². The highest BCUT2D eigenvalue weighted by atomic mass is 35.5. The number of anilines is 2. The summed E-state index contributed by atoms with van der Waals surface area (Å²) in [5.74, 6) is -1.61. The molecule has 0 radical (unpaired) electrons. The van der Waals surface area contributed by atoms with Crippen molar-refractivity contribution >= 4 is 33.0 Å². The first kappa shape index (κ1) is 14.5. The summed E-state index contributed by atoms with van der Waals surface area (Å²) in [4.78, 5) is -0.408. The van der Waals surface area contributed by atoms with Crippen LogP contribution < -0.4 is 10.5 Å². The normalized spacial score (nSPS) is 11.3. The van der Waals surface area contributed by atoms with Crippen molar-refractivity contribution in [3.8, 4) is 0 Å². The molecule has 0 spiro atoms. The van der Waals surface area contributed by atoms with Gasteiger partial charge in [-0.05, 0) is 36.4 Å². The van der Waals surface area contributed by atoms with E-state index in [-0.39, 0.29) is 16.4 Å². The molecule has 0 aliphatic heterocycles. The number of sulfonamides is 1. The van der Waals surface area contributed by atoms with Gasteiger partial charge < -0.3 is 5.73 Å². The van der Waals surface area contributed by atoms with Gasteiger partial charge >= 0.3 is 0 Å². The highest BCUT2D eigenvalue weighted by Gasteiger charge is 2.18. The van der Waals surface area contributed by atoms with E-state index in [0.717, 1.165) is 30.3 Å². The maximum Gasteiger partial charge on any atom is 0.262 e. The highest BCUT2D eigenvalue weighted by molar-refractivity contribution is 7.92. The van der Waals surface area contributed by atoms with Gasteiger partial charge in [0.05, 0.1) is 10.6 Å². The summed E-state index contributed by atoms with van der Waals surface area (Å²) in [6.07, 6.45) is 0. The quantitative estimate of drug-likeness (QED) is 0.854. The molecule has 0 fully saturated rings. The van der Waals surface area contributed by atoms with Crippen LogP contribution in [-0.4, -0.2) is 8.42 Å². The Balaban J connectivity index is 2.43. The zero-order valence-electron chi connectivity index (χ0n) is 9.90. The summed E-state index contributed by atoms with van der Waals surface area (Å²) < 4.78 is 52.7. The van der Waals surface area contributed by atoms with Crippen LogP contribution in [0, 0.1) is 11.6 Å². The number of hydrogen-bond acceptors (Lipinski definition) is 3. The molecule has 0 aliphatic rings. The smallest absolute Gasteiger partial charge is 0.262 e. The molecule has 0 atom stereocenters. The Bertz CT molecular complexity index is 746. The van der Waals surface area contributed by atoms with E-state index in [2.05, 4.69) is 0 Å². The first-order chi connectivity index (χ1) is 9.28. The topological polar surface area (TPSA) is 72.2 Å². The van der Waals surface area contributed by atoms with Crippen molar-refractivity contribution in [2.45, 2.75) is 4.90 Å². The summed E-state index contributed by atoms with van der Waals surface area (Å²) in [6, 6.07) is 6.21. The summed E-state index contributed by atoms with van der Waals surface area (Å²) in [5, 5.41) is 0.155. The molecule has 106 valence electrons. The van der Waals surface area contributed by atoms with Gasteiger partial charge in [-0.1, -0.05) is 11.6 Å². The van der Waals surface area contributed by atoms with E-state index in [1.54, 1.807) is 0 Å². The third kappa shape index (κ3) is 3.17. The number of nitrogen functional groups attached to an aromatic ring is 1. The summed E-state index contributed by atoms with van der Waals surface area (Å²) in [5.41, 5.74) is 4.98. The third-order valence-electron chi connectivity index (χ3n) is 2.38. The monoisotopic (exact) mass is 318 g/mol. The molecule has 8 heteroatoms. The van der Waals surface area contributed by atoms with Crippen LogP contribution in [-0.2, 0) is 10.0 Å². The van der Waals surface area contributed by atoms with Crippen LogP contribution in [0.15, 0.2) is 41.3 Å². The van der Waals surface area contributed by atoms with Crippen LogP contribution in [0.1, 0.15) is 0 Å². The van der Waals surface area contributed by atoms with Gasteiger partial charge in [0.2, 0.25) is 0 Å². The average molecular weight is 319 g/mol. The molecule has 2 aromatic rings. The van der Waals surface area contributed by atoms with Gasteiger partial charge in [0, 0.05) is 10.7 Å². The van der Waals surface area contributed by atoms with Crippen LogP contribution in [0.3, 0.4) is 0 Å². The summed E-state index contributed by atoms with van der Waals surface area (Å²) in [6.45, 7) is 0. The Morgan fingerprint density at radius 2 is 1.80 bits per heavy atom. The van der Waals surface area contributed by atoms with Gasteiger partial charge in [-0.25, -0.2) is 17.2 Å². The van der Waals surface area contributed by atoms with E-state index in [1.807, 2.05) is 4.72 Å². The summed E-state index contributed by atoms with van der Waals surface area (Å²) >= 11 is 5.66. The predicted molar refractivity (Wildman–Crippen MR) is 73.0 cm³/mol. The van der Waals surface area contributed by atoms with Crippen LogP contribution in [0.4, 0.5) is 20.2 Å². The standard InChI is InChI=1S/C12H9ClF2N2O2S/c13-7-1-2-11(15)12(3-7)17-20(18,19)10-5-8(14)4-9(16)6-10/h1-6,17H,16H2. The predicted octanol–water partition coefficient (Wildman–Crippen LogP) is 3.00. The van der Waals surface area contributed by atoms with Crippen molar-refractivity contribution in [1.82, 2.24) is 0 Å². The Hall–Kier alpha value is -1.86. The maximum atomic E-state index is 13.5. The molecule has 0 aromatic heterocycles. The minimum absolute atomic E-state index is 0.0584. The fourth-order valence-electron chi connectivity index (χ4n) is 1.52. The van der Waals surface area contributed by atoms with Crippen LogP contribution in [0.5, 0.6) is 0 Å². The zero-order valence-corrected chi connectivity index (χ0v) is 11.5. The first-order valence-electron chi connectivity index (χ1n) is 5.32. The molecular weight excluding hydrogens is 310 g/mol. The highest BCUT2D eigenvalue weighted by Crippen LogP contribution is 2.24. The van der Waals surface area contributed by atoms with Gasteiger partial charge in [0.25, 0.3) is 10.0 Å². The molecule has 0 saturated carbocycles. The van der Waals surface area contributed by atoms with Gasteiger partial charge in [-0.2, -0.15) is 0 Å². The van der Waals surface area contributed by atoms with Crippen molar-refractivity contribution in [2.24, 2.45) is 0 Å². The third-order valence-corrected chi connectivity index (χ3v) is 3.96. The zero-order chi connectivity index (χ0) is 14.9. The van der Waals surface area contributed by atoms with Crippen molar-refractivity contribution in [3.05, 3.63) is 53.1 Å². The van der Waals surface area contributed by atoms with E-state index in [9.17, 15) is 17.2 Å². The maximum absolute atomic E-state index is 13.5. The van der Waals surface area contributed by atoms with E-state index >= 15 is 0 Å². The average Bonchev–Trinajstić information content (AvgIpc) is 2.32. The molecule has 20 heavy (non-hydrogen) atoms. The molecule has 2 aromatic carbocycles. The fraction of sp³-hybridized carbons (Fsp3) is 0. The SMILES string of the molecule is Nc1cc(F)cc(S(=O)(=O)Nc2cc(Cl)ccc2F)c1. The lowest BCUT2D eigenvalue weighted by atomic mass is 10.3. The van der Waals surface area contributed by atoms with Crippen LogP contribution in [0.25, 0.3) is 0 Å². The second-order valence-corrected chi connectivity index (χ2v) is 6.07. The number of halogens is 3. The molecule has 0 heterocycles. The van der Waals surface area contributed by atoms with E-state index in [1.165, 1.54) is 6.07 Å². The van der Waals surface area contributed by atoms with Gasteiger partial charge in [0.1, 0.15) is 11.6 Å². The number of rotatable bonds is 3. The Morgan fingerprint density at radius 1 is 1.10 bits per heavy atom. The van der Waals surface area contributed by atoms with E-state index < -0.39 is 26.6 Å². The molecule has 3 N–H and O–H groups in total. The molecule has 0 bridgehead atoms. The van der Waals surface area contributed by atoms with Crippen molar-refractivity contribution in [3.63, 3.8) is 0 Å². The second kappa shape index (κ2) is 5.26. The lowest BCUT2D eigenvalue weighted by Crippen LogP contribution is -2.14. The summed E-state index contributed by atoms with van der Waals surface area (Å²) in [7, 11) is -4.17. The molecule has 0 aliphatic carbocycles. The number of benzene rings is 2. The van der Waals surface area contributed by atoms with E-state index in [0.29, 0.717) is 0 Å².